The van der Waals surface area contributed by atoms with Crippen LogP contribution in [-0.2, 0) is 0 Å². The highest BCUT2D eigenvalue weighted by Crippen LogP contribution is 2.29. The Hall–Kier alpha value is -2.57. The lowest BCUT2D eigenvalue weighted by Crippen LogP contribution is -1.98. The first-order chi connectivity index (χ1) is 9.67. The van der Waals surface area contributed by atoms with Crippen molar-refractivity contribution in [2.24, 2.45) is 0 Å². The predicted octanol–water partition coefficient (Wildman–Crippen LogP) is 3.69. The van der Waals surface area contributed by atoms with Gasteiger partial charge in [-0.3, -0.25) is 0 Å². The Bertz CT molecular complexity index is 811. The summed E-state index contributed by atoms with van der Waals surface area (Å²) in [5.41, 5.74) is 3.07. The third kappa shape index (κ3) is 2.18. The van der Waals surface area contributed by atoms with Gasteiger partial charge in [0.15, 0.2) is 0 Å². The lowest BCUT2D eigenvalue weighted by Gasteiger charge is -2.07. The molecular formula is C17H13NO2. The van der Waals surface area contributed by atoms with Crippen LogP contribution in [-0.4, -0.2) is 5.11 Å². The molecule has 0 amide bonds. The number of nitrogens with zero attached hydrogens (tertiary/aromatic N) is 1. The standard InChI is InChI=1S/C17H13NO2/c1-11-5-6-15-14(7-11)9-16(20-15)17(19)13-4-2-3-12(8-13)10-18/h2-9,17,19H,1H3. The molecule has 3 aromatic rings. The van der Waals surface area contributed by atoms with Gasteiger partial charge < -0.3 is 9.52 Å². The molecule has 0 aliphatic rings. The van der Waals surface area contributed by atoms with E-state index >= 15 is 0 Å². The molecule has 0 spiro atoms. The first-order valence-corrected chi connectivity index (χ1v) is 6.35. The minimum absolute atomic E-state index is 0.487. The molecule has 20 heavy (non-hydrogen) atoms. The first-order valence-electron chi connectivity index (χ1n) is 6.35. The number of rotatable bonds is 2. The van der Waals surface area contributed by atoms with Crippen molar-refractivity contribution >= 4 is 11.0 Å². The number of nitriles is 1. The van der Waals surface area contributed by atoms with Crippen LogP contribution in [0, 0.1) is 18.3 Å². The topological polar surface area (TPSA) is 57.2 Å². The minimum Gasteiger partial charge on any atom is -0.458 e. The Morgan fingerprint density at radius 3 is 2.80 bits per heavy atom. The van der Waals surface area contributed by atoms with Crippen molar-refractivity contribution in [1.29, 1.82) is 5.26 Å². The van der Waals surface area contributed by atoms with E-state index in [1.54, 1.807) is 24.3 Å². The van der Waals surface area contributed by atoms with Gasteiger partial charge in [0.25, 0.3) is 0 Å². The fourth-order valence-corrected chi connectivity index (χ4v) is 2.26. The molecule has 3 heteroatoms. The monoisotopic (exact) mass is 263 g/mol. The fraction of sp³-hybridized carbons (Fsp3) is 0.118. The Morgan fingerprint density at radius 1 is 1.15 bits per heavy atom. The van der Waals surface area contributed by atoms with Crippen LogP contribution in [0.2, 0.25) is 0 Å². The van der Waals surface area contributed by atoms with Crippen molar-refractivity contribution in [3.05, 3.63) is 71.0 Å². The Labute approximate surface area is 116 Å². The molecule has 1 aromatic heterocycles. The van der Waals surface area contributed by atoms with Crippen molar-refractivity contribution in [3.8, 4) is 6.07 Å². The van der Waals surface area contributed by atoms with E-state index in [-0.39, 0.29) is 0 Å². The molecule has 1 unspecified atom stereocenters. The predicted molar refractivity (Wildman–Crippen MR) is 76.2 cm³/mol. The maximum atomic E-state index is 10.4. The summed E-state index contributed by atoms with van der Waals surface area (Å²) in [4.78, 5) is 0. The summed E-state index contributed by atoms with van der Waals surface area (Å²) < 4.78 is 5.68. The van der Waals surface area contributed by atoms with Gasteiger partial charge in [-0.1, -0.05) is 23.8 Å². The molecule has 0 aliphatic carbocycles. The van der Waals surface area contributed by atoms with E-state index in [1.807, 2.05) is 31.2 Å². The lowest BCUT2D eigenvalue weighted by molar-refractivity contribution is 0.192. The van der Waals surface area contributed by atoms with E-state index < -0.39 is 6.10 Å². The number of furan rings is 1. The van der Waals surface area contributed by atoms with E-state index in [1.165, 1.54) is 0 Å². The maximum absolute atomic E-state index is 10.4. The number of fused-ring (bicyclic) bond motifs is 1. The quantitative estimate of drug-likeness (QED) is 0.767. The van der Waals surface area contributed by atoms with Gasteiger partial charge in [0.1, 0.15) is 17.4 Å². The van der Waals surface area contributed by atoms with Gasteiger partial charge in [-0.25, -0.2) is 0 Å². The normalized spacial score (nSPS) is 12.2. The first kappa shape index (κ1) is 12.5. The van der Waals surface area contributed by atoms with Crippen LogP contribution in [0.5, 0.6) is 0 Å². The molecule has 0 bridgehead atoms. The highest BCUT2D eigenvalue weighted by atomic mass is 16.4. The van der Waals surface area contributed by atoms with Crippen LogP contribution in [0.1, 0.15) is 28.6 Å². The summed E-state index contributed by atoms with van der Waals surface area (Å²) in [6.07, 6.45) is -0.865. The zero-order chi connectivity index (χ0) is 14.1. The summed E-state index contributed by atoms with van der Waals surface area (Å²) in [7, 11) is 0. The van der Waals surface area contributed by atoms with Crippen molar-refractivity contribution in [1.82, 2.24) is 0 Å². The van der Waals surface area contributed by atoms with E-state index in [0.29, 0.717) is 16.9 Å². The molecule has 0 fully saturated rings. The number of hydrogen-bond donors (Lipinski definition) is 1. The van der Waals surface area contributed by atoms with Gasteiger partial charge in [-0.05, 0) is 42.8 Å². The number of benzene rings is 2. The second-order valence-electron chi connectivity index (χ2n) is 4.83. The van der Waals surface area contributed by atoms with Crippen molar-refractivity contribution < 1.29 is 9.52 Å². The molecule has 0 radical (unpaired) electrons. The molecule has 1 atom stereocenters. The van der Waals surface area contributed by atoms with E-state index in [0.717, 1.165) is 16.5 Å². The summed E-state index contributed by atoms with van der Waals surface area (Å²) in [5.74, 6) is 0.487. The SMILES string of the molecule is Cc1ccc2oc(C(O)c3cccc(C#N)c3)cc2c1. The van der Waals surface area contributed by atoms with Crippen molar-refractivity contribution in [2.75, 3.05) is 0 Å². The molecule has 1 heterocycles. The molecule has 98 valence electrons. The fourth-order valence-electron chi connectivity index (χ4n) is 2.26. The third-order valence-electron chi connectivity index (χ3n) is 3.29. The number of aliphatic hydroxyl groups excluding tert-OH is 1. The van der Waals surface area contributed by atoms with Crippen LogP contribution in [0.4, 0.5) is 0 Å². The summed E-state index contributed by atoms with van der Waals surface area (Å²) in [6.45, 7) is 2.01. The van der Waals surface area contributed by atoms with Gasteiger partial charge in [-0.2, -0.15) is 5.26 Å². The Morgan fingerprint density at radius 2 is 2.00 bits per heavy atom. The Kier molecular flexibility index (Phi) is 3.02. The van der Waals surface area contributed by atoms with Gasteiger partial charge in [0.05, 0.1) is 11.6 Å². The highest BCUT2D eigenvalue weighted by molar-refractivity contribution is 5.78. The molecule has 0 saturated heterocycles. The van der Waals surface area contributed by atoms with E-state index in [4.69, 9.17) is 9.68 Å². The summed E-state index contributed by atoms with van der Waals surface area (Å²) in [6, 6.07) is 16.7. The molecule has 0 aliphatic heterocycles. The molecule has 1 N–H and O–H groups in total. The Balaban J connectivity index is 2.03. The average Bonchev–Trinajstić information content (AvgIpc) is 2.89. The summed E-state index contributed by atoms with van der Waals surface area (Å²) >= 11 is 0. The maximum Gasteiger partial charge on any atom is 0.138 e. The van der Waals surface area contributed by atoms with Gasteiger partial charge >= 0.3 is 0 Å². The number of aryl methyl sites for hydroxylation is 1. The number of aliphatic hydroxyl groups is 1. The molecule has 3 nitrogen and oxygen atoms in total. The van der Waals surface area contributed by atoms with Gasteiger partial charge in [0.2, 0.25) is 0 Å². The van der Waals surface area contributed by atoms with Crippen LogP contribution < -0.4 is 0 Å². The van der Waals surface area contributed by atoms with Gasteiger partial charge in [-0.15, -0.1) is 0 Å². The third-order valence-corrected chi connectivity index (χ3v) is 3.29. The lowest BCUT2D eigenvalue weighted by atomic mass is 10.0. The molecule has 2 aromatic carbocycles. The van der Waals surface area contributed by atoms with Crippen molar-refractivity contribution in [2.45, 2.75) is 13.0 Å². The zero-order valence-electron chi connectivity index (χ0n) is 11.0. The largest absolute Gasteiger partial charge is 0.458 e. The second-order valence-corrected chi connectivity index (χ2v) is 4.83. The highest BCUT2D eigenvalue weighted by Gasteiger charge is 2.16. The molecule has 0 saturated carbocycles. The van der Waals surface area contributed by atoms with E-state index in [9.17, 15) is 5.11 Å². The van der Waals surface area contributed by atoms with Crippen LogP contribution in [0.25, 0.3) is 11.0 Å². The van der Waals surface area contributed by atoms with E-state index in [2.05, 4.69) is 6.07 Å². The summed E-state index contributed by atoms with van der Waals surface area (Å²) in [5, 5.41) is 20.3. The average molecular weight is 263 g/mol. The van der Waals surface area contributed by atoms with Crippen molar-refractivity contribution in [3.63, 3.8) is 0 Å². The minimum atomic E-state index is -0.865. The zero-order valence-corrected chi connectivity index (χ0v) is 11.0. The molecule has 3 rings (SSSR count). The molecular weight excluding hydrogens is 250 g/mol. The van der Waals surface area contributed by atoms with Crippen LogP contribution in [0.15, 0.2) is 52.9 Å². The smallest absolute Gasteiger partial charge is 0.138 e. The second kappa shape index (κ2) is 4.84. The number of hydrogen-bond acceptors (Lipinski definition) is 3. The van der Waals surface area contributed by atoms with Crippen LogP contribution >= 0.6 is 0 Å². The van der Waals surface area contributed by atoms with Crippen LogP contribution in [0.3, 0.4) is 0 Å². The van der Waals surface area contributed by atoms with Gasteiger partial charge in [0, 0.05) is 5.39 Å².